The van der Waals surface area contributed by atoms with Gasteiger partial charge in [-0.15, -0.1) is 0 Å². The molecule has 3 aliphatic heterocycles. The fourth-order valence-corrected chi connectivity index (χ4v) is 2.95. The molecule has 0 aromatic carbocycles. The number of fused-ring (bicyclic) bond motifs is 1. The van der Waals surface area contributed by atoms with Crippen LogP contribution < -0.4 is 0 Å². The van der Waals surface area contributed by atoms with Crippen molar-refractivity contribution in [2.24, 2.45) is 0 Å². The van der Waals surface area contributed by atoms with Crippen molar-refractivity contribution in [1.29, 1.82) is 0 Å². The first-order chi connectivity index (χ1) is 9.51. The van der Waals surface area contributed by atoms with Crippen molar-refractivity contribution < 1.29 is 33.9 Å². The summed E-state index contributed by atoms with van der Waals surface area (Å²) in [6, 6.07) is 0. The quantitative estimate of drug-likeness (QED) is 0.670. The summed E-state index contributed by atoms with van der Waals surface area (Å²) in [7, 11) is 1.44. The zero-order valence-corrected chi connectivity index (χ0v) is 11.8. The van der Waals surface area contributed by atoms with Gasteiger partial charge in [0.1, 0.15) is 24.4 Å². The molecule has 2 N–H and O–H groups in total. The summed E-state index contributed by atoms with van der Waals surface area (Å²) < 4.78 is 27.5. The van der Waals surface area contributed by atoms with E-state index in [0.29, 0.717) is 6.42 Å². The predicted molar refractivity (Wildman–Crippen MR) is 65.8 cm³/mol. The number of hydrogen-bond donors (Lipinski definition) is 2. The Balaban J connectivity index is 1.61. The van der Waals surface area contributed by atoms with Gasteiger partial charge >= 0.3 is 0 Å². The molecule has 7 heteroatoms. The van der Waals surface area contributed by atoms with E-state index < -0.39 is 37.0 Å². The molecule has 0 unspecified atom stereocenters. The molecule has 0 aliphatic carbocycles. The maximum atomic E-state index is 10.2. The Morgan fingerprint density at radius 2 is 1.75 bits per heavy atom. The minimum absolute atomic E-state index is 0.0271. The lowest BCUT2D eigenvalue weighted by Crippen LogP contribution is -2.59. The van der Waals surface area contributed by atoms with Crippen LogP contribution in [0.2, 0.25) is 0 Å². The highest BCUT2D eigenvalue weighted by molar-refractivity contribution is 4.95. The molecule has 3 heterocycles. The van der Waals surface area contributed by atoms with Gasteiger partial charge in [-0.1, -0.05) is 0 Å². The van der Waals surface area contributed by atoms with Gasteiger partial charge in [0.15, 0.2) is 12.6 Å². The van der Waals surface area contributed by atoms with Crippen LogP contribution in [-0.2, 0) is 23.7 Å². The van der Waals surface area contributed by atoms with Crippen LogP contribution >= 0.6 is 0 Å². The summed E-state index contributed by atoms with van der Waals surface area (Å²) in [5, 5.41) is 20.1. The zero-order valence-electron chi connectivity index (χ0n) is 11.8. The van der Waals surface area contributed by atoms with Crippen molar-refractivity contribution in [2.75, 3.05) is 7.11 Å². The topological polar surface area (TPSA) is 89.9 Å². The molecule has 9 atom stereocenters. The third kappa shape index (κ3) is 2.59. The lowest BCUT2D eigenvalue weighted by molar-refractivity contribution is -0.340. The van der Waals surface area contributed by atoms with E-state index in [1.54, 1.807) is 6.92 Å². The molecule has 3 saturated heterocycles. The summed E-state index contributed by atoms with van der Waals surface area (Å²) in [4.78, 5) is 0. The molecule has 0 spiro atoms. The van der Waals surface area contributed by atoms with Gasteiger partial charge in [-0.25, -0.2) is 0 Å². The van der Waals surface area contributed by atoms with Gasteiger partial charge in [-0.05, 0) is 13.8 Å². The Morgan fingerprint density at radius 1 is 1.00 bits per heavy atom. The number of aliphatic hydroxyl groups is 2. The second-order valence-electron chi connectivity index (χ2n) is 5.67. The number of epoxide rings is 1. The van der Waals surface area contributed by atoms with Gasteiger partial charge < -0.3 is 33.9 Å². The van der Waals surface area contributed by atoms with Crippen LogP contribution in [0.5, 0.6) is 0 Å². The maximum Gasteiger partial charge on any atom is 0.189 e. The Labute approximate surface area is 117 Å². The van der Waals surface area contributed by atoms with E-state index in [9.17, 15) is 10.2 Å². The zero-order chi connectivity index (χ0) is 14.4. The minimum atomic E-state index is -1.07. The summed E-state index contributed by atoms with van der Waals surface area (Å²) >= 11 is 0. The molecule has 7 nitrogen and oxygen atoms in total. The van der Waals surface area contributed by atoms with Crippen LogP contribution in [0.3, 0.4) is 0 Å². The molecule has 0 aromatic heterocycles. The number of methoxy groups -OCH3 is 1. The lowest BCUT2D eigenvalue weighted by atomic mass is 10.00. The van der Waals surface area contributed by atoms with Crippen molar-refractivity contribution in [3.8, 4) is 0 Å². The fraction of sp³-hybridized carbons (Fsp3) is 1.00. The third-order valence-corrected chi connectivity index (χ3v) is 4.22. The van der Waals surface area contributed by atoms with Gasteiger partial charge in [0.25, 0.3) is 0 Å². The van der Waals surface area contributed by atoms with Gasteiger partial charge in [-0.3, -0.25) is 0 Å². The highest BCUT2D eigenvalue weighted by Crippen LogP contribution is 2.38. The second-order valence-corrected chi connectivity index (χ2v) is 5.67. The van der Waals surface area contributed by atoms with Crippen molar-refractivity contribution in [3.63, 3.8) is 0 Å². The molecular formula is C13H22O7. The molecule has 0 bridgehead atoms. The number of aliphatic hydroxyl groups excluding tert-OH is 2. The number of rotatable bonds is 3. The summed E-state index contributed by atoms with van der Waals surface area (Å²) in [5.74, 6) is 0. The molecule has 3 rings (SSSR count). The van der Waals surface area contributed by atoms with Crippen LogP contribution in [0.25, 0.3) is 0 Å². The first-order valence-corrected chi connectivity index (χ1v) is 7.02. The van der Waals surface area contributed by atoms with E-state index in [1.807, 2.05) is 6.92 Å². The van der Waals surface area contributed by atoms with Crippen LogP contribution in [0.1, 0.15) is 20.3 Å². The summed E-state index contributed by atoms with van der Waals surface area (Å²) in [6.45, 7) is 3.64. The van der Waals surface area contributed by atoms with E-state index in [4.69, 9.17) is 23.7 Å². The molecular weight excluding hydrogens is 268 g/mol. The first kappa shape index (κ1) is 14.6. The molecule has 3 fully saturated rings. The van der Waals surface area contributed by atoms with Crippen molar-refractivity contribution >= 4 is 0 Å². The summed E-state index contributed by atoms with van der Waals surface area (Å²) in [6.07, 6.45) is -3.62. The highest BCUT2D eigenvalue weighted by Gasteiger charge is 2.52. The number of ether oxygens (including phenoxy) is 5. The maximum absolute atomic E-state index is 10.2. The average molecular weight is 290 g/mol. The molecule has 0 saturated carbocycles. The third-order valence-electron chi connectivity index (χ3n) is 4.22. The Kier molecular flexibility index (Phi) is 4.02. The second kappa shape index (κ2) is 5.49. The van der Waals surface area contributed by atoms with Crippen LogP contribution in [0.4, 0.5) is 0 Å². The first-order valence-electron chi connectivity index (χ1n) is 7.02. The van der Waals surface area contributed by atoms with Crippen molar-refractivity contribution in [2.45, 2.75) is 75.6 Å². The smallest absolute Gasteiger partial charge is 0.189 e. The molecule has 20 heavy (non-hydrogen) atoms. The molecule has 116 valence electrons. The van der Waals surface area contributed by atoms with Crippen LogP contribution in [0, 0.1) is 0 Å². The Bertz CT molecular complexity index is 352. The van der Waals surface area contributed by atoms with E-state index in [1.165, 1.54) is 7.11 Å². The van der Waals surface area contributed by atoms with E-state index in [2.05, 4.69) is 0 Å². The largest absolute Gasteiger partial charge is 0.388 e. The molecule has 3 aliphatic rings. The monoisotopic (exact) mass is 290 g/mol. The fourth-order valence-electron chi connectivity index (χ4n) is 2.95. The summed E-state index contributed by atoms with van der Waals surface area (Å²) in [5.41, 5.74) is 0. The molecule has 0 amide bonds. The lowest BCUT2D eigenvalue weighted by Gasteiger charge is -2.42. The normalized spacial score (nSPS) is 55.4. The van der Waals surface area contributed by atoms with Gasteiger partial charge in [0.05, 0.1) is 18.3 Å². The van der Waals surface area contributed by atoms with E-state index in [0.717, 1.165) is 0 Å². The van der Waals surface area contributed by atoms with Crippen molar-refractivity contribution in [3.05, 3.63) is 0 Å². The Hall–Kier alpha value is -0.280. The minimum Gasteiger partial charge on any atom is -0.388 e. The number of hydrogen-bond acceptors (Lipinski definition) is 7. The molecule has 0 aromatic rings. The van der Waals surface area contributed by atoms with Crippen LogP contribution in [0.15, 0.2) is 0 Å². The van der Waals surface area contributed by atoms with E-state index in [-0.39, 0.29) is 18.3 Å². The van der Waals surface area contributed by atoms with Crippen molar-refractivity contribution in [1.82, 2.24) is 0 Å². The van der Waals surface area contributed by atoms with Crippen LogP contribution in [-0.4, -0.2) is 72.6 Å². The Morgan fingerprint density at radius 3 is 2.40 bits per heavy atom. The molecule has 0 radical (unpaired) electrons. The van der Waals surface area contributed by atoms with E-state index >= 15 is 0 Å². The van der Waals surface area contributed by atoms with Gasteiger partial charge in [0, 0.05) is 13.5 Å². The van der Waals surface area contributed by atoms with Gasteiger partial charge in [-0.2, -0.15) is 0 Å². The van der Waals surface area contributed by atoms with Gasteiger partial charge in [0.2, 0.25) is 0 Å². The highest BCUT2D eigenvalue weighted by atomic mass is 16.8. The SMILES string of the molecule is CO[C@H]1[C@H](O)[C@@H](O[C@@H]2C[C@H]3O[C@H]3[C@H](C)O2)O[C@@H](C)[C@@H]1O. The average Bonchev–Trinajstić information content (AvgIpc) is 3.16. The predicted octanol–water partition coefficient (Wildman–Crippen LogP) is -0.613. The standard InChI is InChI=1S/C13H22O7/c1-5-9(14)12(16-3)10(15)13(18-5)20-8-4-7-11(19-7)6(2)17-8/h5-15H,4H2,1-3H3/t5-,6-,7+,8+,9-,10-,11-,12+,13+/m0/s1.